The van der Waals surface area contributed by atoms with Crippen LogP contribution >= 0.6 is 11.3 Å². The fraction of sp³-hybridized carbons (Fsp3) is 0.321. The van der Waals surface area contributed by atoms with Crippen molar-refractivity contribution in [2.24, 2.45) is 4.99 Å². The number of ketones is 1. The number of ether oxygens (including phenoxy) is 1. The van der Waals surface area contributed by atoms with Gasteiger partial charge in [0.25, 0.3) is 5.89 Å². The van der Waals surface area contributed by atoms with Gasteiger partial charge in [-0.05, 0) is 25.5 Å². The van der Waals surface area contributed by atoms with Gasteiger partial charge in [-0.15, -0.1) is 16.4 Å². The number of carbonyl (C=O) groups excluding carboxylic acids is 1. The number of aryl methyl sites for hydroxylation is 1. The summed E-state index contributed by atoms with van der Waals surface area (Å²) in [6.45, 7) is 5.54. The van der Waals surface area contributed by atoms with Crippen molar-refractivity contribution in [2.75, 3.05) is 36.5 Å². The number of pyridine rings is 1. The number of Topliss-reactive ketones (excluding diaryl/α,β-unsaturated/α-hetero) is 1. The van der Waals surface area contributed by atoms with E-state index in [4.69, 9.17) is 14.1 Å². The molecule has 0 amide bonds. The van der Waals surface area contributed by atoms with Crippen molar-refractivity contribution in [1.29, 1.82) is 0 Å². The number of aliphatic imine (C=N–C) groups is 1. The molecule has 2 aliphatic rings. The first-order valence-electron chi connectivity index (χ1n) is 12.9. The van der Waals surface area contributed by atoms with Gasteiger partial charge in [-0.1, -0.05) is 35.4 Å². The molecule has 0 radical (unpaired) electrons. The fourth-order valence-electron chi connectivity index (χ4n) is 4.89. The maximum absolute atomic E-state index is 13.5. The largest absolute Gasteiger partial charge is 0.417 e. The highest BCUT2D eigenvalue weighted by Gasteiger charge is 2.34. The molecule has 4 aromatic rings. The number of nitrogens with zero attached hydrogens (tertiary/aromatic N) is 5. The number of hydrogen-bond acceptors (Lipinski definition) is 10. The minimum absolute atomic E-state index is 0.0818. The van der Waals surface area contributed by atoms with Crippen LogP contribution in [-0.4, -0.2) is 59.1 Å². The van der Waals surface area contributed by atoms with Crippen LogP contribution in [0.1, 0.15) is 32.0 Å². The van der Waals surface area contributed by atoms with E-state index < -0.39 is 17.9 Å². The van der Waals surface area contributed by atoms with Crippen molar-refractivity contribution in [2.45, 2.75) is 32.6 Å². The Hall–Kier alpha value is -4.10. The third-order valence-corrected chi connectivity index (χ3v) is 8.28. The lowest BCUT2D eigenvalue weighted by Gasteiger charge is -2.30. The Kier molecular flexibility index (Phi) is 7.08. The highest BCUT2D eigenvalue weighted by molar-refractivity contribution is 7.12. The van der Waals surface area contributed by atoms with Crippen LogP contribution < -0.4 is 10.2 Å². The Morgan fingerprint density at radius 1 is 1.10 bits per heavy atom. The summed E-state index contributed by atoms with van der Waals surface area (Å²) in [5.74, 6) is -0.263. The van der Waals surface area contributed by atoms with Gasteiger partial charge < -0.3 is 19.4 Å². The highest BCUT2D eigenvalue weighted by Crippen LogP contribution is 2.37. The van der Waals surface area contributed by atoms with Gasteiger partial charge in [0.2, 0.25) is 0 Å². The standard InChI is InChI=1S/C28H25F3N6O3S/c1-15-16(2)41-21-13-20(38)25(33-23(22(15)21)17-6-4-3-5-7-17)34-27-36-35-26(40-27)24-19(37-8-10-39-11-9-37)12-18(14-32-24)28(29,30)31/h3-7,12,14,25H,8-11,13H2,1-2H3,(H,34,36). The second-order valence-corrected chi connectivity index (χ2v) is 11.0. The maximum Gasteiger partial charge on any atom is 0.417 e. The van der Waals surface area contributed by atoms with Crippen molar-refractivity contribution < 1.29 is 27.1 Å². The lowest BCUT2D eigenvalue weighted by molar-refractivity contribution is -0.137. The second-order valence-electron chi connectivity index (χ2n) is 9.72. The quantitative estimate of drug-likeness (QED) is 0.348. The van der Waals surface area contributed by atoms with Gasteiger partial charge >= 0.3 is 12.2 Å². The zero-order valence-corrected chi connectivity index (χ0v) is 23.0. The third-order valence-electron chi connectivity index (χ3n) is 7.07. The molecule has 5 heterocycles. The summed E-state index contributed by atoms with van der Waals surface area (Å²) in [5.41, 5.74) is 3.01. The van der Waals surface area contributed by atoms with E-state index in [2.05, 4.69) is 20.5 Å². The van der Waals surface area contributed by atoms with E-state index in [-0.39, 0.29) is 35.5 Å². The molecule has 3 aromatic heterocycles. The topological polar surface area (TPSA) is 106 Å². The molecule has 1 unspecified atom stereocenters. The molecule has 1 aromatic carbocycles. The van der Waals surface area contributed by atoms with Crippen LogP contribution in [0.15, 0.2) is 52.0 Å². The minimum atomic E-state index is -4.57. The summed E-state index contributed by atoms with van der Waals surface area (Å²) in [5, 5.41) is 11.0. The van der Waals surface area contributed by atoms with E-state index in [9.17, 15) is 18.0 Å². The maximum atomic E-state index is 13.5. The SMILES string of the molecule is Cc1sc2c(c1C)C(c1ccccc1)=NC(Nc1nnc(-c3ncc(C(F)(F)F)cc3N3CCOCC3)o1)C(=O)C2. The number of halogens is 3. The number of aromatic nitrogens is 3. The summed E-state index contributed by atoms with van der Waals surface area (Å²) < 4.78 is 51.6. The minimum Gasteiger partial charge on any atom is -0.402 e. The molecular formula is C28H25F3N6O3S. The van der Waals surface area contributed by atoms with Gasteiger partial charge in [-0.25, -0.2) is 4.98 Å². The van der Waals surface area contributed by atoms with Crippen molar-refractivity contribution in [3.8, 4) is 11.6 Å². The number of nitrogens with one attached hydrogen (secondary N) is 1. The van der Waals surface area contributed by atoms with Crippen molar-refractivity contribution in [3.63, 3.8) is 0 Å². The van der Waals surface area contributed by atoms with Crippen molar-refractivity contribution >= 4 is 34.5 Å². The molecule has 212 valence electrons. The predicted molar refractivity (Wildman–Crippen MR) is 148 cm³/mol. The van der Waals surface area contributed by atoms with Crippen LogP contribution in [0.4, 0.5) is 24.9 Å². The molecule has 13 heteroatoms. The Morgan fingerprint density at radius 2 is 1.85 bits per heavy atom. The fourth-order valence-corrected chi connectivity index (χ4v) is 6.08. The van der Waals surface area contributed by atoms with Gasteiger partial charge in [0.05, 0.1) is 30.2 Å². The van der Waals surface area contributed by atoms with E-state index in [0.717, 1.165) is 38.7 Å². The van der Waals surface area contributed by atoms with E-state index in [1.165, 1.54) is 0 Å². The zero-order valence-electron chi connectivity index (χ0n) is 22.2. The average molecular weight is 583 g/mol. The lowest BCUT2D eigenvalue weighted by Crippen LogP contribution is -2.36. The van der Waals surface area contributed by atoms with Crippen molar-refractivity contribution in [3.05, 3.63) is 74.6 Å². The number of rotatable bonds is 5. The molecule has 9 nitrogen and oxygen atoms in total. The molecule has 0 saturated carbocycles. The van der Waals surface area contributed by atoms with Gasteiger partial charge in [0, 0.05) is 46.6 Å². The molecule has 1 fully saturated rings. The molecule has 6 rings (SSSR count). The van der Waals surface area contributed by atoms with Crippen LogP contribution in [0.5, 0.6) is 0 Å². The van der Waals surface area contributed by atoms with E-state index in [1.54, 1.807) is 16.2 Å². The van der Waals surface area contributed by atoms with Gasteiger partial charge in [0.15, 0.2) is 17.6 Å². The summed E-state index contributed by atoms with van der Waals surface area (Å²) in [6.07, 6.45) is -4.67. The van der Waals surface area contributed by atoms with Crippen LogP contribution in [-0.2, 0) is 22.1 Å². The number of anilines is 2. The van der Waals surface area contributed by atoms with E-state index in [1.807, 2.05) is 44.2 Å². The van der Waals surface area contributed by atoms with Crippen molar-refractivity contribution in [1.82, 2.24) is 15.2 Å². The predicted octanol–water partition coefficient (Wildman–Crippen LogP) is 5.07. The normalized spacial score (nSPS) is 17.7. The smallest absolute Gasteiger partial charge is 0.402 e. The molecular weight excluding hydrogens is 557 g/mol. The Morgan fingerprint density at radius 3 is 2.59 bits per heavy atom. The molecule has 1 N–H and O–H groups in total. The highest BCUT2D eigenvalue weighted by atomic mass is 32.1. The molecule has 2 aliphatic heterocycles. The first-order valence-corrected chi connectivity index (χ1v) is 13.8. The van der Waals surface area contributed by atoms with E-state index >= 15 is 0 Å². The van der Waals surface area contributed by atoms with Crippen LogP contribution in [0, 0.1) is 13.8 Å². The summed E-state index contributed by atoms with van der Waals surface area (Å²) in [6, 6.07) is 10.5. The zero-order chi connectivity index (χ0) is 28.7. The number of benzene rings is 1. The molecule has 0 aliphatic carbocycles. The number of thiophene rings is 1. The van der Waals surface area contributed by atoms with Crippen LogP contribution in [0.25, 0.3) is 11.6 Å². The monoisotopic (exact) mass is 582 g/mol. The molecule has 1 saturated heterocycles. The number of hydrogen-bond donors (Lipinski definition) is 1. The summed E-state index contributed by atoms with van der Waals surface area (Å²) in [4.78, 5) is 26.0. The molecule has 0 spiro atoms. The van der Waals surface area contributed by atoms with Crippen LogP contribution in [0.3, 0.4) is 0 Å². The lowest BCUT2D eigenvalue weighted by atomic mass is 9.98. The molecule has 41 heavy (non-hydrogen) atoms. The van der Waals surface area contributed by atoms with Gasteiger partial charge in [-0.2, -0.15) is 13.2 Å². The number of fused-ring (bicyclic) bond motifs is 1. The Labute approximate surface area is 237 Å². The summed E-state index contributed by atoms with van der Waals surface area (Å²) >= 11 is 1.58. The average Bonchev–Trinajstić information content (AvgIpc) is 3.50. The van der Waals surface area contributed by atoms with E-state index in [0.29, 0.717) is 32.0 Å². The van der Waals surface area contributed by atoms with Crippen LogP contribution in [0.2, 0.25) is 0 Å². The van der Waals surface area contributed by atoms with Gasteiger partial charge in [0.1, 0.15) is 0 Å². The molecule has 1 atom stereocenters. The number of carbonyl (C=O) groups is 1. The first-order chi connectivity index (χ1) is 19.7. The Bertz CT molecular complexity index is 1630. The Balaban J connectivity index is 1.35. The first kappa shape index (κ1) is 27.1. The third kappa shape index (κ3) is 5.34. The number of morpholine rings is 1. The molecule has 0 bridgehead atoms. The summed E-state index contributed by atoms with van der Waals surface area (Å²) in [7, 11) is 0. The van der Waals surface area contributed by atoms with Gasteiger partial charge in [-0.3, -0.25) is 9.79 Å². The second kappa shape index (κ2) is 10.7. The number of alkyl halides is 3.